The molecule has 0 amide bonds. The number of carbonyl (C=O) groups excluding carboxylic acids is 2. The Bertz CT molecular complexity index is 845. The Morgan fingerprint density at radius 3 is 1.96 bits per heavy atom. The number of unbranched alkanes of at least 4 members (excludes halogenated alkanes) is 1. The van der Waals surface area contributed by atoms with Crippen molar-refractivity contribution in [3.63, 3.8) is 0 Å². The summed E-state index contributed by atoms with van der Waals surface area (Å²) in [4.78, 5) is 23.3. The number of esters is 2. The molecule has 5 nitrogen and oxygen atoms in total. The Morgan fingerprint density at radius 2 is 1.44 bits per heavy atom. The second kappa shape index (κ2) is 9.93. The highest BCUT2D eigenvalue weighted by Crippen LogP contribution is 2.20. The summed E-state index contributed by atoms with van der Waals surface area (Å²) in [5.41, 5.74) is 3.37. The van der Waals surface area contributed by atoms with Crippen LogP contribution in [0.1, 0.15) is 35.7 Å². The molecule has 0 aromatic heterocycles. The molecule has 0 aliphatic carbocycles. The second-order valence-electron chi connectivity index (χ2n) is 6.03. The van der Waals surface area contributed by atoms with E-state index < -0.39 is 5.97 Å². The number of nitriles is 1. The minimum Gasteiger partial charge on any atom is -0.462 e. The number of hydrogen-bond acceptors (Lipinski definition) is 5. The van der Waals surface area contributed by atoms with Gasteiger partial charge in [0.2, 0.25) is 0 Å². The van der Waals surface area contributed by atoms with Gasteiger partial charge in [0.25, 0.3) is 0 Å². The first-order chi connectivity index (χ1) is 13.0. The van der Waals surface area contributed by atoms with Crippen molar-refractivity contribution in [2.45, 2.75) is 19.8 Å². The average Bonchev–Trinajstić information content (AvgIpc) is 2.70. The quantitative estimate of drug-likeness (QED) is 0.397. The molecule has 0 saturated carbocycles. The molecule has 0 unspecified atom stereocenters. The monoisotopic (exact) mass is 363 g/mol. The van der Waals surface area contributed by atoms with Crippen LogP contribution in [0.15, 0.2) is 60.7 Å². The predicted molar refractivity (Wildman–Crippen MR) is 102 cm³/mol. The van der Waals surface area contributed by atoms with E-state index in [1.165, 1.54) is 0 Å². The lowest BCUT2D eigenvalue weighted by molar-refractivity contribution is -0.139. The van der Waals surface area contributed by atoms with E-state index in [2.05, 4.69) is 12.6 Å². The first kappa shape index (κ1) is 19.9. The van der Waals surface area contributed by atoms with E-state index in [9.17, 15) is 9.59 Å². The fourth-order valence-corrected chi connectivity index (χ4v) is 2.28. The van der Waals surface area contributed by atoms with Crippen molar-refractivity contribution in [3.05, 3.63) is 71.8 Å². The van der Waals surface area contributed by atoms with Gasteiger partial charge in [-0.05, 0) is 55.2 Å². The van der Waals surface area contributed by atoms with Gasteiger partial charge in [-0.25, -0.2) is 9.59 Å². The number of benzene rings is 2. The maximum absolute atomic E-state index is 12.1. The molecule has 0 aliphatic heterocycles. The second-order valence-corrected chi connectivity index (χ2v) is 6.03. The number of hydrogen-bond donors (Lipinski definition) is 0. The SMILES string of the molecule is C=C(C)C(=O)OCCCCOC(=O)c1ccc(-c2ccc(C#N)cc2)cc1. The Kier molecular flexibility index (Phi) is 7.33. The van der Waals surface area contributed by atoms with E-state index in [0.29, 0.717) is 29.5 Å². The molecule has 138 valence electrons. The van der Waals surface area contributed by atoms with Gasteiger partial charge in [-0.1, -0.05) is 30.8 Å². The molecule has 2 aromatic carbocycles. The first-order valence-electron chi connectivity index (χ1n) is 8.61. The van der Waals surface area contributed by atoms with Crippen LogP contribution in [-0.4, -0.2) is 25.2 Å². The van der Waals surface area contributed by atoms with E-state index in [1.54, 1.807) is 31.2 Å². The van der Waals surface area contributed by atoms with Gasteiger partial charge in [0.1, 0.15) is 0 Å². The lowest BCUT2D eigenvalue weighted by Gasteiger charge is -2.07. The van der Waals surface area contributed by atoms with Crippen LogP contribution in [0.2, 0.25) is 0 Å². The van der Waals surface area contributed by atoms with Gasteiger partial charge in [-0.3, -0.25) is 0 Å². The van der Waals surface area contributed by atoms with Crippen LogP contribution in [0.4, 0.5) is 0 Å². The molecule has 0 saturated heterocycles. The lowest BCUT2D eigenvalue weighted by atomic mass is 10.0. The van der Waals surface area contributed by atoms with E-state index in [4.69, 9.17) is 14.7 Å². The number of rotatable bonds is 8. The van der Waals surface area contributed by atoms with Crippen LogP contribution in [0, 0.1) is 11.3 Å². The Balaban J connectivity index is 1.77. The highest BCUT2D eigenvalue weighted by molar-refractivity contribution is 5.90. The van der Waals surface area contributed by atoms with Crippen molar-refractivity contribution in [2.24, 2.45) is 0 Å². The van der Waals surface area contributed by atoms with E-state index in [-0.39, 0.29) is 19.2 Å². The number of ether oxygens (including phenoxy) is 2. The summed E-state index contributed by atoms with van der Waals surface area (Å²) < 4.78 is 10.2. The van der Waals surface area contributed by atoms with Gasteiger partial charge in [0.15, 0.2) is 0 Å². The summed E-state index contributed by atoms with van der Waals surface area (Å²) in [5, 5.41) is 8.83. The third-order valence-corrected chi connectivity index (χ3v) is 3.82. The molecule has 0 radical (unpaired) electrons. The topological polar surface area (TPSA) is 76.4 Å². The standard InChI is InChI=1S/C22H21NO4/c1-16(2)21(24)26-13-3-4-14-27-22(25)20-11-9-19(10-12-20)18-7-5-17(15-23)6-8-18/h5-12H,1,3-4,13-14H2,2H3. The molecule has 0 aliphatic rings. The summed E-state index contributed by atoms with van der Waals surface area (Å²) in [6.45, 7) is 5.64. The van der Waals surface area contributed by atoms with Crippen LogP contribution < -0.4 is 0 Å². The van der Waals surface area contributed by atoms with E-state index in [1.807, 2.05) is 24.3 Å². The van der Waals surface area contributed by atoms with Gasteiger partial charge in [0.05, 0.1) is 30.4 Å². The largest absolute Gasteiger partial charge is 0.462 e. The van der Waals surface area contributed by atoms with Gasteiger partial charge >= 0.3 is 11.9 Å². The van der Waals surface area contributed by atoms with Crippen LogP contribution in [0.25, 0.3) is 11.1 Å². The van der Waals surface area contributed by atoms with Crippen LogP contribution in [-0.2, 0) is 14.3 Å². The highest BCUT2D eigenvalue weighted by atomic mass is 16.5. The van der Waals surface area contributed by atoms with Crippen LogP contribution >= 0.6 is 0 Å². The normalized spacial score (nSPS) is 9.93. The summed E-state index contributed by atoms with van der Waals surface area (Å²) in [6.07, 6.45) is 1.22. The van der Waals surface area contributed by atoms with Crippen molar-refractivity contribution in [1.29, 1.82) is 5.26 Å². The molecule has 2 rings (SSSR count). The third kappa shape index (κ3) is 6.12. The Morgan fingerprint density at radius 1 is 0.926 bits per heavy atom. The van der Waals surface area contributed by atoms with Gasteiger partial charge in [-0.2, -0.15) is 5.26 Å². The zero-order valence-corrected chi connectivity index (χ0v) is 15.2. The highest BCUT2D eigenvalue weighted by Gasteiger charge is 2.08. The number of nitrogens with zero attached hydrogens (tertiary/aromatic N) is 1. The van der Waals surface area contributed by atoms with Crippen molar-refractivity contribution in [3.8, 4) is 17.2 Å². The summed E-state index contributed by atoms with van der Waals surface area (Å²) >= 11 is 0. The van der Waals surface area contributed by atoms with Crippen LogP contribution in [0.5, 0.6) is 0 Å². The molecule has 5 heteroatoms. The molecular weight excluding hydrogens is 342 g/mol. The molecule has 0 bridgehead atoms. The van der Waals surface area contributed by atoms with E-state index >= 15 is 0 Å². The molecule has 27 heavy (non-hydrogen) atoms. The summed E-state index contributed by atoms with van der Waals surface area (Å²) in [6, 6.07) is 16.4. The molecule has 0 heterocycles. The molecule has 0 N–H and O–H groups in total. The summed E-state index contributed by atoms with van der Waals surface area (Å²) in [5.74, 6) is -0.797. The van der Waals surface area contributed by atoms with Gasteiger partial charge in [-0.15, -0.1) is 0 Å². The van der Waals surface area contributed by atoms with Crippen molar-refractivity contribution in [2.75, 3.05) is 13.2 Å². The smallest absolute Gasteiger partial charge is 0.338 e. The maximum atomic E-state index is 12.1. The fourth-order valence-electron chi connectivity index (χ4n) is 2.28. The number of carbonyl (C=O) groups is 2. The zero-order chi connectivity index (χ0) is 19.6. The zero-order valence-electron chi connectivity index (χ0n) is 15.2. The molecule has 0 spiro atoms. The molecular formula is C22H21NO4. The minimum absolute atomic E-state index is 0.265. The van der Waals surface area contributed by atoms with Crippen molar-refractivity contribution >= 4 is 11.9 Å². The van der Waals surface area contributed by atoms with E-state index in [0.717, 1.165) is 11.1 Å². The third-order valence-electron chi connectivity index (χ3n) is 3.82. The van der Waals surface area contributed by atoms with Crippen LogP contribution in [0.3, 0.4) is 0 Å². The average molecular weight is 363 g/mol. The van der Waals surface area contributed by atoms with Gasteiger partial charge < -0.3 is 9.47 Å². The Labute approximate surface area is 158 Å². The molecule has 0 atom stereocenters. The summed E-state index contributed by atoms with van der Waals surface area (Å²) in [7, 11) is 0. The maximum Gasteiger partial charge on any atom is 0.338 e. The lowest BCUT2D eigenvalue weighted by Crippen LogP contribution is -2.09. The molecule has 2 aromatic rings. The van der Waals surface area contributed by atoms with Crippen molar-refractivity contribution in [1.82, 2.24) is 0 Å². The first-order valence-corrected chi connectivity index (χ1v) is 8.61. The minimum atomic E-state index is -0.408. The van der Waals surface area contributed by atoms with Crippen molar-refractivity contribution < 1.29 is 19.1 Å². The Hall–Kier alpha value is -3.39. The molecule has 0 fully saturated rings. The predicted octanol–water partition coefficient (Wildman–Crippen LogP) is 4.28. The van der Waals surface area contributed by atoms with Gasteiger partial charge in [0, 0.05) is 5.57 Å². The fraction of sp³-hybridized carbons (Fsp3) is 0.227.